The first-order chi connectivity index (χ1) is 11.3. The van der Waals surface area contributed by atoms with Crippen molar-refractivity contribution in [2.75, 3.05) is 12.9 Å². The molecule has 0 atom stereocenters. The van der Waals surface area contributed by atoms with Gasteiger partial charge in [-0.2, -0.15) is 4.40 Å². The molecule has 0 amide bonds. The van der Waals surface area contributed by atoms with Crippen molar-refractivity contribution in [3.63, 3.8) is 0 Å². The minimum Gasteiger partial charge on any atom is -0.462 e. The summed E-state index contributed by atoms with van der Waals surface area (Å²) in [6, 6.07) is 12.1. The van der Waals surface area contributed by atoms with Gasteiger partial charge in [-0.3, -0.25) is 0 Å². The fourth-order valence-electron chi connectivity index (χ4n) is 2.46. The van der Waals surface area contributed by atoms with Crippen molar-refractivity contribution in [1.29, 1.82) is 0 Å². The van der Waals surface area contributed by atoms with Crippen molar-refractivity contribution in [2.24, 2.45) is 0 Å². The Morgan fingerprint density at radius 2 is 1.67 bits per heavy atom. The van der Waals surface area contributed by atoms with Gasteiger partial charge in [-0.1, -0.05) is 0 Å². The summed E-state index contributed by atoms with van der Waals surface area (Å²) in [5, 5.41) is 0. The largest absolute Gasteiger partial charge is 0.462 e. The summed E-state index contributed by atoms with van der Waals surface area (Å²) < 4.78 is 41.3. The van der Waals surface area contributed by atoms with Crippen molar-refractivity contribution in [3.8, 4) is 0 Å². The Morgan fingerprint density at radius 1 is 1.12 bits per heavy atom. The molecule has 9 heteroatoms. The second-order valence-corrected chi connectivity index (χ2v) is 6.16. The Morgan fingerprint density at radius 3 is 2.17 bits per heavy atom. The Kier molecular flexibility index (Phi) is 5.81. The molecule has 3 rings (SSSR count). The number of carbonyl (C=O) groups excluding carboxylic acids is 1. The summed E-state index contributed by atoms with van der Waals surface area (Å²) in [6.07, 6.45) is 1.99. The van der Waals surface area contributed by atoms with Crippen molar-refractivity contribution >= 4 is 33.7 Å². The van der Waals surface area contributed by atoms with Crippen LogP contribution in [0.15, 0.2) is 36.4 Å². The molecule has 0 fully saturated rings. The van der Waals surface area contributed by atoms with Gasteiger partial charge < -0.3 is 4.74 Å². The fourth-order valence-corrected chi connectivity index (χ4v) is 3.22. The third-order valence-corrected chi connectivity index (χ3v) is 4.00. The van der Waals surface area contributed by atoms with E-state index in [1.807, 2.05) is 49.6 Å². The number of rotatable bonds is 3. The lowest BCUT2D eigenvalue weighted by atomic mass is 10.2. The third kappa shape index (κ3) is 4.04. The highest BCUT2D eigenvalue weighted by molar-refractivity contribution is 8.08. The molecular weight excluding hydrogens is 358 g/mol. The molecule has 0 radical (unpaired) electrons. The maximum atomic E-state index is 12.2. The molecule has 0 unspecified atom stereocenters. The van der Waals surface area contributed by atoms with E-state index in [-0.39, 0.29) is 5.97 Å². The van der Waals surface area contributed by atoms with Gasteiger partial charge in [0.05, 0.1) is 6.61 Å². The van der Waals surface area contributed by atoms with Crippen LogP contribution in [-0.2, 0) is 9.53 Å². The summed E-state index contributed by atoms with van der Waals surface area (Å²) in [5.74, 6) is -0.247. The molecule has 2 aromatic rings. The van der Waals surface area contributed by atoms with Crippen LogP contribution in [0.3, 0.4) is 0 Å². The lowest BCUT2D eigenvalue weighted by Gasteiger charge is -2.17. The molecule has 1 aliphatic heterocycles. The average molecular weight is 372 g/mol. The molecule has 0 bridgehead atoms. The predicted octanol–water partition coefficient (Wildman–Crippen LogP) is -2.22. The van der Waals surface area contributed by atoms with E-state index < -0.39 is 10.2 Å². The molecule has 0 aromatic carbocycles. The van der Waals surface area contributed by atoms with E-state index in [4.69, 9.17) is 23.4 Å². The first-order valence-electron chi connectivity index (χ1n) is 6.79. The van der Waals surface area contributed by atoms with Gasteiger partial charge in [-0.15, -0.1) is 22.0 Å². The highest BCUT2D eigenvalue weighted by Crippen LogP contribution is 2.36. The average Bonchev–Trinajstić information content (AvgIpc) is 2.82. The van der Waals surface area contributed by atoms with Crippen molar-refractivity contribution in [3.05, 3.63) is 47.8 Å². The number of hydrogen-bond acceptors (Lipinski definition) is 7. The number of aromatic nitrogens is 1. The number of pyridine rings is 2. The zero-order valence-corrected chi connectivity index (χ0v) is 14.4. The quantitative estimate of drug-likeness (QED) is 0.442. The molecule has 1 aliphatic rings. The number of halogens is 1. The minimum atomic E-state index is -4.94. The van der Waals surface area contributed by atoms with Crippen LogP contribution in [0.25, 0.3) is 16.0 Å². The zero-order valence-electron chi connectivity index (χ0n) is 12.9. The number of hydrogen-bond donors (Lipinski definition) is 0. The maximum absolute atomic E-state index is 12.2. The first kappa shape index (κ1) is 18.7. The minimum absolute atomic E-state index is 0.247. The van der Waals surface area contributed by atoms with E-state index in [0.717, 1.165) is 21.8 Å². The molecule has 128 valence electrons. The van der Waals surface area contributed by atoms with Crippen LogP contribution in [0.1, 0.15) is 18.3 Å². The molecular formula is C15H14ClNO6S. The highest BCUT2D eigenvalue weighted by atomic mass is 35.7. The molecule has 0 saturated heterocycles. The van der Waals surface area contributed by atoms with Gasteiger partial charge in [-0.25, -0.2) is 23.4 Å². The Balaban J connectivity index is 0.000000368. The Bertz CT molecular complexity index is 791. The molecule has 24 heavy (non-hydrogen) atoms. The molecule has 2 aromatic heterocycles. The van der Waals surface area contributed by atoms with Gasteiger partial charge in [0.25, 0.3) is 0 Å². The van der Waals surface area contributed by atoms with E-state index in [2.05, 4.69) is 4.40 Å². The summed E-state index contributed by atoms with van der Waals surface area (Å²) in [4.78, 5) is 13.2. The van der Waals surface area contributed by atoms with Crippen molar-refractivity contribution < 1.29 is 42.8 Å². The number of thioether (sulfide) groups is 1. The molecule has 7 nitrogen and oxygen atoms in total. The Labute approximate surface area is 144 Å². The highest BCUT2D eigenvalue weighted by Gasteiger charge is 2.36. The van der Waals surface area contributed by atoms with E-state index >= 15 is 0 Å². The molecule has 3 heterocycles. The first-order valence-corrected chi connectivity index (χ1v) is 9.25. The second kappa shape index (κ2) is 7.47. The van der Waals surface area contributed by atoms with Gasteiger partial charge in [0.1, 0.15) is 4.91 Å². The lowest BCUT2D eigenvalue weighted by molar-refractivity contribution is -2.00. The number of nitrogens with zero attached hydrogens (tertiary/aromatic N) is 1. The number of ether oxygens (including phenoxy) is 1. The smallest absolute Gasteiger partial charge is 0.346 e. The monoisotopic (exact) mass is 371 g/mol. The van der Waals surface area contributed by atoms with Crippen LogP contribution in [0.2, 0.25) is 0 Å². The summed E-state index contributed by atoms with van der Waals surface area (Å²) in [7, 11) is -4.94. The van der Waals surface area contributed by atoms with Gasteiger partial charge in [0.15, 0.2) is 5.57 Å². The van der Waals surface area contributed by atoms with Gasteiger partial charge in [-0.05, 0) is 25.3 Å². The van der Waals surface area contributed by atoms with Gasteiger partial charge >= 0.3 is 5.97 Å². The lowest BCUT2D eigenvalue weighted by Crippen LogP contribution is -2.68. The summed E-state index contributed by atoms with van der Waals surface area (Å²) >= 11 is 1.58. The van der Waals surface area contributed by atoms with Crippen LogP contribution < -0.4 is 23.0 Å². The second-order valence-electron chi connectivity index (χ2n) is 4.59. The summed E-state index contributed by atoms with van der Waals surface area (Å²) in [5.41, 5.74) is 3.73. The third-order valence-electron chi connectivity index (χ3n) is 3.18. The fraction of sp³-hybridized carbons (Fsp3) is 0.200. The molecule has 0 spiro atoms. The standard InChI is InChI=1S/C15H14NO2S.ClHO4/c1-3-18-15(17)13-11-8-4-6-10-7-5-9-12(16(10)11)14(13)19-2;2-1(3,4)5/h4-9H,3H2,1-2H3;(H,2,3,4,5)/q+1;/p-1. The maximum Gasteiger partial charge on any atom is 0.346 e. The summed E-state index contributed by atoms with van der Waals surface area (Å²) in [6.45, 7) is 2.22. The van der Waals surface area contributed by atoms with E-state index in [0.29, 0.717) is 12.2 Å². The van der Waals surface area contributed by atoms with Crippen LogP contribution in [-0.4, -0.2) is 18.8 Å². The predicted molar refractivity (Wildman–Crippen MR) is 76.6 cm³/mol. The molecule has 0 aliphatic carbocycles. The van der Waals surface area contributed by atoms with Crippen molar-refractivity contribution in [1.82, 2.24) is 0 Å². The van der Waals surface area contributed by atoms with Gasteiger partial charge in [0.2, 0.25) is 16.9 Å². The van der Waals surface area contributed by atoms with Crippen molar-refractivity contribution in [2.45, 2.75) is 6.92 Å². The molecule has 0 saturated carbocycles. The van der Waals surface area contributed by atoms with Crippen LogP contribution in [0.4, 0.5) is 0 Å². The normalized spacial score (nSPS) is 12.9. The zero-order chi connectivity index (χ0) is 17.9. The SMILES string of the molecule is CCOC(=O)C1=C(SC)c2cccc3cccc1[n+]23.[O-][Cl+3]([O-])([O-])[O-]. The van der Waals surface area contributed by atoms with E-state index in [1.165, 1.54) is 0 Å². The van der Waals surface area contributed by atoms with Crippen LogP contribution in [0.5, 0.6) is 0 Å². The Hall–Kier alpha value is -1.68. The topological polar surface area (TPSA) is 123 Å². The number of esters is 1. The van der Waals surface area contributed by atoms with E-state index in [9.17, 15) is 4.79 Å². The van der Waals surface area contributed by atoms with E-state index in [1.54, 1.807) is 11.8 Å². The van der Waals surface area contributed by atoms with Gasteiger partial charge in [0, 0.05) is 24.3 Å². The van der Waals surface area contributed by atoms with Crippen LogP contribution in [0, 0.1) is 10.2 Å². The molecule has 0 N–H and O–H groups in total. The van der Waals surface area contributed by atoms with Crippen LogP contribution >= 0.6 is 11.8 Å². The number of carbonyl (C=O) groups is 1.